The minimum absolute atomic E-state index is 0.169. The van der Waals surface area contributed by atoms with E-state index in [1.165, 1.54) is 0 Å². The van der Waals surface area contributed by atoms with E-state index in [0.717, 1.165) is 29.7 Å². The zero-order chi connectivity index (χ0) is 14.7. The summed E-state index contributed by atoms with van der Waals surface area (Å²) in [5.74, 6) is 0.0659. The van der Waals surface area contributed by atoms with Gasteiger partial charge in [-0.3, -0.25) is 4.79 Å². The molecule has 1 aliphatic carbocycles. The van der Waals surface area contributed by atoms with E-state index in [0.29, 0.717) is 6.61 Å². The molecule has 0 heterocycles. The van der Waals surface area contributed by atoms with Crippen molar-refractivity contribution in [2.24, 2.45) is 0 Å². The Balaban J connectivity index is 1.70. The van der Waals surface area contributed by atoms with Crippen molar-refractivity contribution in [1.29, 1.82) is 0 Å². The van der Waals surface area contributed by atoms with Crippen LogP contribution < -0.4 is 4.74 Å². The highest BCUT2D eigenvalue weighted by molar-refractivity contribution is 5.70. The first-order valence-corrected chi connectivity index (χ1v) is 7.17. The summed E-state index contributed by atoms with van der Waals surface area (Å²) < 4.78 is 5.81. The average molecular weight is 282 g/mol. The molecule has 1 fully saturated rings. The van der Waals surface area contributed by atoms with Crippen molar-refractivity contribution in [3.63, 3.8) is 0 Å². The van der Waals surface area contributed by atoms with Gasteiger partial charge < -0.3 is 9.84 Å². The Kier molecular flexibility index (Phi) is 3.65. The number of rotatable bonds is 6. The van der Waals surface area contributed by atoms with Gasteiger partial charge in [0.25, 0.3) is 0 Å². The minimum atomic E-state index is -0.733. The number of hydrogen-bond donors (Lipinski definition) is 1. The van der Waals surface area contributed by atoms with E-state index in [9.17, 15) is 4.79 Å². The molecule has 3 nitrogen and oxygen atoms in total. The van der Waals surface area contributed by atoms with Crippen molar-refractivity contribution in [3.05, 3.63) is 65.7 Å². The van der Waals surface area contributed by atoms with Crippen LogP contribution in [-0.4, -0.2) is 11.1 Å². The third-order valence-corrected chi connectivity index (χ3v) is 4.04. The van der Waals surface area contributed by atoms with Crippen LogP contribution in [0.5, 0.6) is 5.75 Å². The molecule has 0 atom stereocenters. The maximum atomic E-state index is 11.0. The molecule has 0 amide bonds. The first kappa shape index (κ1) is 13.7. The fourth-order valence-corrected chi connectivity index (χ4v) is 2.66. The van der Waals surface area contributed by atoms with Crippen molar-refractivity contribution in [3.8, 4) is 5.75 Å². The fourth-order valence-electron chi connectivity index (χ4n) is 2.66. The first-order valence-electron chi connectivity index (χ1n) is 7.17. The van der Waals surface area contributed by atoms with Crippen LogP contribution in [0.2, 0.25) is 0 Å². The Bertz CT molecular complexity index is 630. The SMILES string of the molecule is O=C(O)CC1(c2cccc(OCc3ccccc3)c2)CC1. The Morgan fingerprint density at radius 2 is 1.86 bits per heavy atom. The molecule has 1 N–H and O–H groups in total. The number of carboxylic acid groups (broad SMARTS) is 1. The molecule has 2 aromatic carbocycles. The third-order valence-electron chi connectivity index (χ3n) is 4.04. The molecule has 0 aromatic heterocycles. The monoisotopic (exact) mass is 282 g/mol. The Morgan fingerprint density at radius 3 is 2.52 bits per heavy atom. The lowest BCUT2D eigenvalue weighted by molar-refractivity contribution is -0.137. The third kappa shape index (κ3) is 3.24. The van der Waals surface area contributed by atoms with E-state index >= 15 is 0 Å². The van der Waals surface area contributed by atoms with E-state index < -0.39 is 5.97 Å². The minimum Gasteiger partial charge on any atom is -0.489 e. The van der Waals surface area contributed by atoms with Crippen LogP contribution >= 0.6 is 0 Å². The normalized spacial score (nSPS) is 15.4. The zero-order valence-corrected chi connectivity index (χ0v) is 11.8. The van der Waals surface area contributed by atoms with Crippen molar-refractivity contribution < 1.29 is 14.6 Å². The molecule has 0 saturated heterocycles. The van der Waals surface area contributed by atoms with Crippen LogP contribution in [0, 0.1) is 0 Å². The molecular formula is C18H18O3. The standard InChI is InChI=1S/C18H18O3/c19-17(20)12-18(9-10-18)15-7-4-8-16(11-15)21-13-14-5-2-1-3-6-14/h1-8,11H,9-10,12-13H2,(H,19,20). The summed E-state index contributed by atoms with van der Waals surface area (Å²) in [7, 11) is 0. The Labute approximate surface area is 124 Å². The largest absolute Gasteiger partial charge is 0.489 e. The topological polar surface area (TPSA) is 46.5 Å². The number of carbonyl (C=O) groups is 1. The molecule has 3 heteroatoms. The molecule has 0 spiro atoms. The molecule has 108 valence electrons. The van der Waals surface area contributed by atoms with Gasteiger partial charge in [-0.15, -0.1) is 0 Å². The van der Waals surface area contributed by atoms with Crippen LogP contribution in [0.4, 0.5) is 0 Å². The number of ether oxygens (including phenoxy) is 1. The maximum Gasteiger partial charge on any atom is 0.304 e. The van der Waals surface area contributed by atoms with Gasteiger partial charge >= 0.3 is 5.97 Å². The van der Waals surface area contributed by atoms with Gasteiger partial charge in [-0.2, -0.15) is 0 Å². The average Bonchev–Trinajstić information content (AvgIpc) is 3.27. The van der Waals surface area contributed by atoms with Crippen molar-refractivity contribution in [1.82, 2.24) is 0 Å². The summed E-state index contributed by atoms with van der Waals surface area (Å²) in [4.78, 5) is 11.0. The summed E-state index contributed by atoms with van der Waals surface area (Å²) in [6.45, 7) is 0.524. The van der Waals surface area contributed by atoms with Gasteiger partial charge in [0.1, 0.15) is 12.4 Å². The van der Waals surface area contributed by atoms with Crippen LogP contribution in [0.3, 0.4) is 0 Å². The summed E-state index contributed by atoms with van der Waals surface area (Å²) in [6, 6.07) is 17.9. The van der Waals surface area contributed by atoms with Gasteiger partial charge in [0.15, 0.2) is 0 Å². The van der Waals surface area contributed by atoms with Gasteiger partial charge in [-0.25, -0.2) is 0 Å². The van der Waals surface area contributed by atoms with Crippen LogP contribution in [0.15, 0.2) is 54.6 Å². The lowest BCUT2D eigenvalue weighted by Gasteiger charge is -2.15. The molecule has 0 aliphatic heterocycles. The van der Waals surface area contributed by atoms with Gasteiger partial charge in [0.05, 0.1) is 6.42 Å². The lowest BCUT2D eigenvalue weighted by atomic mass is 9.92. The fraction of sp³-hybridized carbons (Fsp3) is 0.278. The highest BCUT2D eigenvalue weighted by Crippen LogP contribution is 2.51. The van der Waals surface area contributed by atoms with E-state index in [1.807, 2.05) is 54.6 Å². The van der Waals surface area contributed by atoms with Crippen LogP contribution in [-0.2, 0) is 16.8 Å². The number of benzene rings is 2. The quantitative estimate of drug-likeness (QED) is 0.877. The number of carboxylic acids is 1. The zero-order valence-electron chi connectivity index (χ0n) is 11.8. The number of aliphatic carboxylic acids is 1. The van der Waals surface area contributed by atoms with Gasteiger partial charge in [-0.05, 0) is 36.1 Å². The van der Waals surface area contributed by atoms with E-state index in [1.54, 1.807) is 0 Å². The van der Waals surface area contributed by atoms with Crippen molar-refractivity contribution in [2.75, 3.05) is 0 Å². The van der Waals surface area contributed by atoms with Gasteiger partial charge in [-0.1, -0.05) is 42.5 Å². The Hall–Kier alpha value is -2.29. The van der Waals surface area contributed by atoms with Crippen LogP contribution in [0.1, 0.15) is 30.4 Å². The molecule has 3 rings (SSSR count). The Morgan fingerprint density at radius 1 is 1.10 bits per heavy atom. The van der Waals surface area contributed by atoms with Crippen molar-refractivity contribution >= 4 is 5.97 Å². The second-order valence-corrected chi connectivity index (χ2v) is 5.65. The van der Waals surface area contributed by atoms with E-state index in [2.05, 4.69) is 0 Å². The summed E-state index contributed by atoms with van der Waals surface area (Å²) >= 11 is 0. The summed E-state index contributed by atoms with van der Waals surface area (Å²) in [6.07, 6.45) is 2.10. The smallest absolute Gasteiger partial charge is 0.304 e. The maximum absolute atomic E-state index is 11.0. The first-order chi connectivity index (χ1) is 10.2. The second-order valence-electron chi connectivity index (χ2n) is 5.65. The molecule has 21 heavy (non-hydrogen) atoms. The van der Waals surface area contributed by atoms with E-state index in [-0.39, 0.29) is 11.8 Å². The molecular weight excluding hydrogens is 264 g/mol. The second kappa shape index (κ2) is 5.60. The summed E-state index contributed by atoms with van der Waals surface area (Å²) in [5.41, 5.74) is 2.03. The lowest BCUT2D eigenvalue weighted by Crippen LogP contribution is -2.12. The highest BCUT2D eigenvalue weighted by atomic mass is 16.5. The molecule has 0 radical (unpaired) electrons. The van der Waals surface area contributed by atoms with E-state index in [4.69, 9.17) is 9.84 Å². The highest BCUT2D eigenvalue weighted by Gasteiger charge is 2.46. The number of hydrogen-bond acceptors (Lipinski definition) is 2. The molecule has 0 bridgehead atoms. The predicted octanol–water partition coefficient (Wildman–Crippen LogP) is 3.77. The van der Waals surface area contributed by atoms with Crippen LogP contribution in [0.25, 0.3) is 0 Å². The molecule has 2 aromatic rings. The van der Waals surface area contributed by atoms with Gasteiger partial charge in [0.2, 0.25) is 0 Å². The molecule has 0 unspecified atom stereocenters. The predicted molar refractivity (Wildman–Crippen MR) is 80.4 cm³/mol. The molecule has 1 saturated carbocycles. The van der Waals surface area contributed by atoms with Crippen molar-refractivity contribution in [2.45, 2.75) is 31.3 Å². The van der Waals surface area contributed by atoms with Gasteiger partial charge in [0, 0.05) is 5.41 Å². The molecule has 1 aliphatic rings. The summed E-state index contributed by atoms with van der Waals surface area (Å²) in [5, 5.41) is 9.04.